The third-order valence-corrected chi connectivity index (χ3v) is 28.8. The molecule has 0 aliphatic rings. The molecule has 129 heavy (non-hydrogen) atoms. The van der Waals surface area contributed by atoms with Crippen LogP contribution in [0.2, 0.25) is 0 Å². The van der Waals surface area contributed by atoms with Crippen molar-refractivity contribution >= 4 is 199 Å². The molecule has 12 aromatic carbocycles. The summed E-state index contributed by atoms with van der Waals surface area (Å²) < 4.78 is 22.1. The molecular weight excluding hydrogens is 2210 g/mol. The molecule has 0 saturated carbocycles. The van der Waals surface area contributed by atoms with Crippen molar-refractivity contribution in [1.82, 2.24) is 59.5 Å². The van der Waals surface area contributed by atoms with Crippen LogP contribution < -0.4 is 0 Å². The van der Waals surface area contributed by atoms with E-state index in [9.17, 15) is 0 Å². The van der Waals surface area contributed by atoms with Crippen LogP contribution in [0.3, 0.4) is 0 Å². The van der Waals surface area contributed by atoms with Gasteiger partial charge in [0.05, 0.1) is 66.0 Å². The van der Waals surface area contributed by atoms with E-state index in [1.165, 1.54) is 104 Å². The van der Waals surface area contributed by atoms with E-state index < -0.39 is 21.9 Å². The largest absolute Gasteiger partial charge is 2.00 e. The van der Waals surface area contributed by atoms with E-state index in [0.29, 0.717) is 5.56 Å². The Bertz CT molecular complexity index is 6970. The minimum absolute atomic E-state index is 0. The molecule has 11 heterocycles. The molecule has 0 aliphatic heterocycles. The van der Waals surface area contributed by atoms with Gasteiger partial charge in [0, 0.05) is 125 Å². The zero-order valence-electron chi connectivity index (χ0n) is 68.4. The normalized spacial score (nSPS) is 10.9. The topological polar surface area (TPSA) is 176 Å². The van der Waals surface area contributed by atoms with Crippen LogP contribution in [0.25, 0.3) is 124 Å². The summed E-state index contributed by atoms with van der Waals surface area (Å²) in [5.41, 5.74) is 10.1. The van der Waals surface area contributed by atoms with Gasteiger partial charge >= 0.3 is 56.4 Å². The number of halogens is 4. The first kappa shape index (κ1) is 98.2. The van der Waals surface area contributed by atoms with Crippen molar-refractivity contribution in [2.75, 3.05) is 0 Å². The van der Waals surface area contributed by atoms with Gasteiger partial charge in [0.2, 0.25) is 0 Å². The Balaban J connectivity index is 0.000000165. The molecule has 23 rings (SSSR count). The molecule has 0 spiro atoms. The third-order valence-electron chi connectivity index (χ3n) is 21.5. The Hall–Kier alpha value is -11.4. The predicted octanol–water partition coefficient (Wildman–Crippen LogP) is 30.6. The molecule has 0 radical (unpaired) electrons. The fraction of sp³-hybridized carbons (Fsp3) is 0.115. The number of nitrogens with zero attached hydrogens (tertiary/aromatic N) is 12. The van der Waals surface area contributed by atoms with Crippen molar-refractivity contribution in [1.29, 1.82) is 10.5 Å². The molecule has 0 atom stereocenters. The summed E-state index contributed by atoms with van der Waals surface area (Å²) in [5, 5.41) is 61.8. The van der Waals surface area contributed by atoms with Gasteiger partial charge in [0.15, 0.2) is 0 Å². The van der Waals surface area contributed by atoms with Gasteiger partial charge < -0.3 is 0 Å². The van der Waals surface area contributed by atoms with Gasteiger partial charge in [-0.1, -0.05) is 168 Å². The molecule has 2 N–H and O–H groups in total. The van der Waals surface area contributed by atoms with E-state index in [0.717, 1.165) is 56.9 Å². The Labute approximate surface area is 814 Å². The average Bonchev–Trinajstić information content (AvgIpc) is 1.61. The number of H-pyrrole nitrogens is 2. The maximum Gasteiger partial charge on any atom is 2.00 e. The second-order valence-electron chi connectivity index (χ2n) is 30.1. The van der Waals surface area contributed by atoms with Crippen molar-refractivity contribution in [3.8, 4) is 35.4 Å². The molecule has 0 saturated heterocycles. The summed E-state index contributed by atoms with van der Waals surface area (Å²) in [6.45, 7) is 16.5. The standard InChI is InChI=1S/C33H24N4S2.C33H22N4S2.C12H7IS.C9H12N4.C7H5N.C6H5.CHN.3CH4.2ClH.FH.2Pt/c2*1-33(2,29-17-19-36(34-29)25-13-7-11-23-21-9-3-5-15-27(21)38-31(23)25)30-18-20-37(35-30)26-14-8-12-24-22-10-4-6-16-28(22)39-32(24)26;13-10-6-3-5-9-8-4-1-2-7-11(8)14-12(9)10;1-9(2,7-3-5-10-12-7)8-4-6-11-13-8;8-6-7-4-2-1-3-5-7;1-2-4-6-5-3-1;1-2;;;;;;;;/h3-20H,1-2H3;3-12,15-20H,1-2H3;1-7H;3-6H,1-2H3,(H,10,12)(H,11,13);1-5H;1-5H;1H;3*1H4;3*1H;;/q;-2;;;;-1;;;;;;;;2*+2/p-2. The molecule has 0 bridgehead atoms. The maximum absolute atomic E-state index is 8.29. The van der Waals surface area contributed by atoms with Crippen LogP contribution in [0.5, 0.6) is 0 Å². The molecule has 0 amide bonds. The molecule has 0 unspecified atom stereocenters. The maximum atomic E-state index is 8.29. The SMILES string of the molecule is C.C.C.C#N.CC(C)(c1ccn(-c2[c-]ccc3c2sc2ccccc23)n1)c1ccn(-c2[c-]ccc3c2sc2ccccc23)n1.CC(C)(c1ccn(-c2cccc3c2sc2ccccc23)n1)c1ccn(-c2cccc3c2sc2ccccc23)n1.CC(C)(c1ccn[nH]1)c1ccn[nH]1.F.Ic1cccc2c1sc1ccccc12.N#Cc1ccccc1.[Cl][Pt][Cl].[Pt+2].[c-]1ccccc1. The first-order chi connectivity index (χ1) is 60.6. The second-order valence-corrected chi connectivity index (χ2v) is 39.8. The van der Waals surface area contributed by atoms with Crippen molar-refractivity contribution in [3.63, 3.8) is 0 Å². The Morgan fingerprint density at radius 3 is 1.00 bits per heavy atom. The minimum Gasteiger partial charge on any atom is -0.184 e. The van der Waals surface area contributed by atoms with Crippen molar-refractivity contribution in [2.24, 2.45) is 0 Å². The summed E-state index contributed by atoms with van der Waals surface area (Å²) in [6, 6.07) is 114. The number of thiophene rings is 5. The van der Waals surface area contributed by atoms with Crippen LogP contribution in [0.15, 0.2) is 334 Å². The smallest absolute Gasteiger partial charge is 0.184 e. The summed E-state index contributed by atoms with van der Waals surface area (Å²) in [5.74, 6) is 0. The molecule has 23 aromatic rings. The number of nitriles is 2. The quantitative estimate of drug-likeness (QED) is 0.100. The van der Waals surface area contributed by atoms with E-state index in [1.54, 1.807) is 47.2 Å². The van der Waals surface area contributed by atoms with Crippen LogP contribution in [-0.4, -0.2) is 59.5 Å². The Kier molecular flexibility index (Phi) is 33.7. The van der Waals surface area contributed by atoms with E-state index in [2.05, 4.69) is 334 Å². The van der Waals surface area contributed by atoms with Crippen LogP contribution in [0.4, 0.5) is 4.70 Å². The van der Waals surface area contributed by atoms with Gasteiger partial charge in [-0.05, 0) is 193 Å². The Morgan fingerprint density at radius 2 is 0.667 bits per heavy atom. The fourth-order valence-electron chi connectivity index (χ4n) is 14.8. The summed E-state index contributed by atoms with van der Waals surface area (Å²) >= 11 is 11.0. The van der Waals surface area contributed by atoms with Crippen LogP contribution in [0, 0.1) is 44.9 Å². The first-order valence-corrected chi connectivity index (χ1v) is 50.1. The van der Waals surface area contributed by atoms with Gasteiger partial charge in [-0.25, -0.2) is 37.3 Å². The first-order valence-electron chi connectivity index (χ1n) is 39.3. The molecule has 11 aromatic heterocycles. The number of fused-ring (bicyclic) bond motifs is 15. The summed E-state index contributed by atoms with van der Waals surface area (Å²) in [6.07, 6.45) is 11.7. The molecule has 14 nitrogen and oxygen atoms in total. The molecule has 654 valence electrons. The number of benzene rings is 12. The zero-order valence-corrected chi connectivity index (χ0v) is 80.7. The van der Waals surface area contributed by atoms with Gasteiger partial charge in [0.1, 0.15) is 0 Å². The molecular formula is C104H89Cl2FIN14Pt2S5-. The molecule has 25 heteroatoms. The summed E-state index contributed by atoms with van der Waals surface area (Å²) in [4.78, 5) is 0. The number of hydrogen-bond donors (Lipinski definition) is 2. The van der Waals surface area contributed by atoms with Gasteiger partial charge in [-0.3, -0.25) is 24.3 Å². The van der Waals surface area contributed by atoms with Crippen LogP contribution in [0.1, 0.15) is 104 Å². The molecule has 0 aliphatic carbocycles. The number of hydrogen-bond acceptors (Lipinski definition) is 13. The van der Waals surface area contributed by atoms with Gasteiger partial charge in [-0.15, -0.1) is 44.8 Å². The van der Waals surface area contributed by atoms with E-state index in [4.69, 9.17) is 49.8 Å². The minimum atomic E-state index is -0.472. The third kappa shape index (κ3) is 20.8. The number of aromatic amines is 2. The number of aromatic nitrogens is 12. The van der Waals surface area contributed by atoms with Gasteiger partial charge in [-0.2, -0.15) is 109 Å². The van der Waals surface area contributed by atoms with E-state index >= 15 is 0 Å². The van der Waals surface area contributed by atoms with E-state index in [-0.39, 0.29) is 58.9 Å². The monoisotopic (exact) mass is 2300 g/mol. The van der Waals surface area contributed by atoms with Crippen LogP contribution >= 0.6 is 98.1 Å². The van der Waals surface area contributed by atoms with Crippen LogP contribution in [-0.2, 0) is 53.8 Å². The van der Waals surface area contributed by atoms with Crippen molar-refractivity contribution < 1.29 is 42.3 Å². The van der Waals surface area contributed by atoms with Crippen molar-refractivity contribution in [3.05, 3.63) is 396 Å². The average molecular weight is 2300 g/mol. The van der Waals surface area contributed by atoms with Gasteiger partial charge in [0.25, 0.3) is 0 Å². The Morgan fingerprint density at radius 1 is 0.364 bits per heavy atom. The number of rotatable bonds is 10. The second kappa shape index (κ2) is 44.3. The summed E-state index contributed by atoms with van der Waals surface area (Å²) in [7, 11) is 9.75. The van der Waals surface area contributed by atoms with E-state index in [1.807, 2.05) is 144 Å². The number of nitrogens with one attached hydrogen (secondary N) is 2. The molecule has 0 fully saturated rings. The van der Waals surface area contributed by atoms with Crippen molar-refractivity contribution in [2.45, 2.75) is 80.1 Å². The predicted molar refractivity (Wildman–Crippen MR) is 547 cm³/mol. The fourth-order valence-corrected chi connectivity index (χ4v) is 21.6. The zero-order chi connectivity index (χ0) is 85.9.